The summed E-state index contributed by atoms with van der Waals surface area (Å²) in [6, 6.07) is 53.5. The van der Waals surface area contributed by atoms with E-state index in [4.69, 9.17) is 19.4 Å². The van der Waals surface area contributed by atoms with Crippen LogP contribution in [0.3, 0.4) is 0 Å². The van der Waals surface area contributed by atoms with Crippen molar-refractivity contribution >= 4 is 75.3 Å². The Bertz CT molecular complexity index is 3190. The molecule has 11 aromatic rings. The molecule has 4 aromatic heterocycles. The van der Waals surface area contributed by atoms with Gasteiger partial charge in [-0.05, 0) is 60.9 Å². The number of fused-ring (bicyclic) bond motifs is 10. The molecule has 0 atom stereocenters. The Morgan fingerprint density at radius 3 is 1.91 bits per heavy atom. The zero-order valence-corrected chi connectivity index (χ0v) is 31.0. The summed E-state index contributed by atoms with van der Waals surface area (Å²) in [5, 5.41) is 7.30. The van der Waals surface area contributed by atoms with Crippen molar-refractivity contribution in [3.8, 4) is 39.9 Å². The molecule has 0 aliphatic carbocycles. The van der Waals surface area contributed by atoms with Crippen LogP contribution in [0.1, 0.15) is 25.3 Å². The normalized spacial score (nSPS) is 11.9. The van der Waals surface area contributed by atoms with Crippen molar-refractivity contribution in [2.45, 2.75) is 26.2 Å². The Kier molecular flexibility index (Phi) is 7.39. The van der Waals surface area contributed by atoms with Crippen LogP contribution in [0, 0.1) is 0 Å². The third-order valence-corrected chi connectivity index (χ3v) is 12.0. The third-order valence-electron chi connectivity index (χ3n) is 10.8. The van der Waals surface area contributed by atoms with Gasteiger partial charge >= 0.3 is 0 Å². The molecule has 0 aliphatic rings. The van der Waals surface area contributed by atoms with Crippen molar-refractivity contribution in [1.82, 2.24) is 19.5 Å². The molecular formula is C49H34N4OS. The van der Waals surface area contributed by atoms with Crippen molar-refractivity contribution in [2.24, 2.45) is 0 Å². The summed E-state index contributed by atoms with van der Waals surface area (Å²) in [4.78, 5) is 14.8. The van der Waals surface area contributed by atoms with Gasteiger partial charge in [0.15, 0.2) is 17.5 Å². The van der Waals surface area contributed by atoms with Crippen LogP contribution < -0.4 is 0 Å². The molecule has 0 bridgehead atoms. The zero-order chi connectivity index (χ0) is 36.5. The predicted octanol–water partition coefficient (Wildman–Crippen LogP) is 13.6. The standard InChI is InChI=1S/C49H34N4OS/c1-2-3-12-30-19-26-41-40(27-30)38-24-25-39-37-17-10-11-18-44(37)55-46(39)45(38)53(41)34-21-23-36-35-22-20-33(28-42(35)54-43(36)29-34)49-51-47(31-13-6-4-7-14-31)50-48(52-49)32-15-8-5-9-16-32/h4-11,13-29H,2-3,12H2,1H3. The number of benzene rings is 7. The first-order valence-electron chi connectivity index (χ1n) is 18.9. The number of hydrogen-bond donors (Lipinski definition) is 0. The average molecular weight is 727 g/mol. The fourth-order valence-electron chi connectivity index (χ4n) is 8.11. The number of hydrogen-bond acceptors (Lipinski definition) is 5. The first-order valence-corrected chi connectivity index (χ1v) is 19.7. The molecule has 11 rings (SSSR count). The smallest absolute Gasteiger partial charge is 0.164 e. The number of unbranched alkanes of at least 4 members (excludes halogenated alkanes) is 1. The highest BCUT2D eigenvalue weighted by atomic mass is 32.1. The van der Waals surface area contributed by atoms with Crippen LogP contribution in [0.5, 0.6) is 0 Å². The molecule has 7 aromatic carbocycles. The van der Waals surface area contributed by atoms with E-state index in [1.54, 1.807) is 0 Å². The van der Waals surface area contributed by atoms with E-state index >= 15 is 0 Å². The van der Waals surface area contributed by atoms with Crippen molar-refractivity contribution in [2.75, 3.05) is 0 Å². The molecular weight excluding hydrogens is 693 g/mol. The minimum Gasteiger partial charge on any atom is -0.456 e. The quantitative estimate of drug-likeness (QED) is 0.164. The largest absolute Gasteiger partial charge is 0.456 e. The van der Waals surface area contributed by atoms with E-state index in [1.807, 2.05) is 72.0 Å². The van der Waals surface area contributed by atoms with E-state index in [0.29, 0.717) is 17.5 Å². The van der Waals surface area contributed by atoms with Gasteiger partial charge in [-0.2, -0.15) is 0 Å². The number of aromatic nitrogens is 4. The second-order valence-corrected chi connectivity index (χ2v) is 15.3. The second kappa shape index (κ2) is 12.8. The van der Waals surface area contributed by atoms with Gasteiger partial charge in [-0.3, -0.25) is 0 Å². The van der Waals surface area contributed by atoms with Gasteiger partial charge in [0.05, 0.1) is 15.7 Å². The lowest BCUT2D eigenvalue weighted by atomic mass is 10.0. The Hall–Kier alpha value is -6.63. The van der Waals surface area contributed by atoms with Crippen LogP contribution in [0.4, 0.5) is 0 Å². The molecule has 5 nitrogen and oxygen atoms in total. The number of aryl methyl sites for hydroxylation is 1. The lowest BCUT2D eigenvalue weighted by Gasteiger charge is -2.09. The van der Waals surface area contributed by atoms with E-state index in [0.717, 1.165) is 50.7 Å². The molecule has 0 saturated heterocycles. The second-order valence-electron chi connectivity index (χ2n) is 14.3. The maximum Gasteiger partial charge on any atom is 0.164 e. The van der Waals surface area contributed by atoms with Gasteiger partial charge in [0.25, 0.3) is 0 Å². The summed E-state index contributed by atoms with van der Waals surface area (Å²) in [5.74, 6) is 1.87. The predicted molar refractivity (Wildman–Crippen MR) is 229 cm³/mol. The molecule has 0 saturated carbocycles. The number of furan rings is 1. The van der Waals surface area contributed by atoms with Gasteiger partial charge in [-0.1, -0.05) is 116 Å². The molecule has 4 heterocycles. The maximum absolute atomic E-state index is 6.72. The van der Waals surface area contributed by atoms with Crippen LogP contribution in [0.25, 0.3) is 104 Å². The number of rotatable bonds is 7. The van der Waals surface area contributed by atoms with E-state index in [9.17, 15) is 0 Å². The molecule has 0 amide bonds. The Balaban J connectivity index is 1.09. The molecule has 0 spiro atoms. The Labute approximate surface area is 321 Å². The van der Waals surface area contributed by atoms with Crippen LogP contribution >= 0.6 is 11.3 Å². The molecule has 0 N–H and O–H groups in total. The van der Waals surface area contributed by atoms with E-state index in [-0.39, 0.29) is 0 Å². The van der Waals surface area contributed by atoms with Crippen molar-refractivity contribution in [1.29, 1.82) is 0 Å². The summed E-state index contributed by atoms with van der Waals surface area (Å²) < 4.78 is 11.8. The van der Waals surface area contributed by atoms with Gasteiger partial charge in [0.2, 0.25) is 0 Å². The third kappa shape index (κ3) is 5.24. The minimum atomic E-state index is 0.603. The summed E-state index contributed by atoms with van der Waals surface area (Å²) >= 11 is 1.88. The topological polar surface area (TPSA) is 56.7 Å². The summed E-state index contributed by atoms with van der Waals surface area (Å²) in [6.07, 6.45) is 3.45. The molecule has 0 aliphatic heterocycles. The lowest BCUT2D eigenvalue weighted by molar-refractivity contribution is 0.668. The van der Waals surface area contributed by atoms with E-state index in [1.165, 1.54) is 60.4 Å². The van der Waals surface area contributed by atoms with Crippen LogP contribution in [0.2, 0.25) is 0 Å². The highest BCUT2D eigenvalue weighted by Gasteiger charge is 2.20. The van der Waals surface area contributed by atoms with E-state index in [2.05, 4.69) is 102 Å². The van der Waals surface area contributed by atoms with Gasteiger partial charge in [-0.25, -0.2) is 15.0 Å². The van der Waals surface area contributed by atoms with Crippen LogP contribution in [-0.4, -0.2) is 19.5 Å². The maximum atomic E-state index is 6.72. The van der Waals surface area contributed by atoms with E-state index < -0.39 is 0 Å². The van der Waals surface area contributed by atoms with Gasteiger partial charge in [-0.15, -0.1) is 11.3 Å². The highest BCUT2D eigenvalue weighted by Crippen LogP contribution is 2.44. The molecule has 55 heavy (non-hydrogen) atoms. The monoisotopic (exact) mass is 726 g/mol. The molecule has 0 fully saturated rings. The fourth-order valence-corrected chi connectivity index (χ4v) is 9.35. The van der Waals surface area contributed by atoms with Crippen LogP contribution in [0.15, 0.2) is 156 Å². The number of nitrogens with zero attached hydrogens (tertiary/aromatic N) is 4. The number of thiophene rings is 1. The average Bonchev–Trinajstić information content (AvgIpc) is 3.92. The summed E-state index contributed by atoms with van der Waals surface area (Å²) in [7, 11) is 0. The Morgan fingerprint density at radius 1 is 0.527 bits per heavy atom. The fraction of sp³-hybridized carbons (Fsp3) is 0.0816. The van der Waals surface area contributed by atoms with Crippen molar-refractivity contribution in [3.63, 3.8) is 0 Å². The first kappa shape index (κ1) is 31.9. The summed E-state index contributed by atoms with van der Waals surface area (Å²) in [5.41, 5.74) is 9.31. The van der Waals surface area contributed by atoms with Crippen molar-refractivity contribution < 1.29 is 4.42 Å². The minimum absolute atomic E-state index is 0.603. The Morgan fingerprint density at radius 2 is 1.16 bits per heavy atom. The van der Waals surface area contributed by atoms with Crippen LogP contribution in [-0.2, 0) is 6.42 Å². The lowest BCUT2D eigenvalue weighted by Crippen LogP contribution is -2.00. The highest BCUT2D eigenvalue weighted by molar-refractivity contribution is 7.26. The molecule has 0 radical (unpaired) electrons. The summed E-state index contributed by atoms with van der Waals surface area (Å²) in [6.45, 7) is 2.26. The van der Waals surface area contributed by atoms with Gasteiger partial charge in [0, 0.05) is 65.5 Å². The molecule has 262 valence electrons. The van der Waals surface area contributed by atoms with Gasteiger partial charge < -0.3 is 8.98 Å². The molecule has 0 unspecified atom stereocenters. The zero-order valence-electron chi connectivity index (χ0n) is 30.2. The van der Waals surface area contributed by atoms with Gasteiger partial charge in [0.1, 0.15) is 11.2 Å². The SMILES string of the molecule is CCCCc1ccc2c(c1)c1ccc3c4ccccc4sc3c1n2-c1ccc2c(c1)oc1cc(-c3nc(-c4ccccc4)nc(-c4ccccc4)n3)ccc12. The van der Waals surface area contributed by atoms with Crippen molar-refractivity contribution in [3.05, 3.63) is 157 Å². The molecule has 6 heteroatoms. The first-order chi connectivity index (χ1) is 27.2.